The van der Waals surface area contributed by atoms with Gasteiger partial charge in [0.25, 0.3) is 0 Å². The van der Waals surface area contributed by atoms with Crippen molar-refractivity contribution in [2.24, 2.45) is 0 Å². The smallest absolute Gasteiger partial charge is 0.100 e. The van der Waals surface area contributed by atoms with Crippen molar-refractivity contribution in [3.05, 3.63) is 24.5 Å². The fraction of sp³-hybridized carbons (Fsp3) is 0.500. The molecule has 0 aliphatic heterocycles. The summed E-state index contributed by atoms with van der Waals surface area (Å²) in [5.74, 6) is 0. The van der Waals surface area contributed by atoms with E-state index >= 15 is 0 Å². The molecule has 1 aromatic heterocycles. The van der Waals surface area contributed by atoms with Crippen LogP contribution in [0.1, 0.15) is 0 Å². The lowest BCUT2D eigenvalue weighted by Gasteiger charge is -2.10. The molecule has 0 radical (unpaired) electrons. The molecule has 3 N–H and O–H groups in total. The summed E-state index contributed by atoms with van der Waals surface area (Å²) in [7, 11) is 4.02. The van der Waals surface area contributed by atoms with Gasteiger partial charge in [-0.1, -0.05) is 0 Å². The molecule has 0 amide bonds. The normalized spacial score (nSPS) is 9.47. The predicted molar refractivity (Wildman–Crippen MR) is 58.7 cm³/mol. The second-order valence-corrected chi connectivity index (χ2v) is 3.12. The summed E-state index contributed by atoms with van der Waals surface area (Å²) in [6.45, 7) is -0.729. The SMILES string of the molecule is CN(C)c1ccncc1.OCC(O)CO. The molecule has 0 bridgehead atoms. The Hall–Kier alpha value is -1.17. The van der Waals surface area contributed by atoms with Crippen LogP contribution in [0.25, 0.3) is 0 Å². The van der Waals surface area contributed by atoms with Crippen molar-refractivity contribution < 1.29 is 15.3 Å². The van der Waals surface area contributed by atoms with Crippen LogP contribution in [0.4, 0.5) is 5.69 Å². The van der Waals surface area contributed by atoms with Gasteiger partial charge >= 0.3 is 0 Å². The van der Waals surface area contributed by atoms with Gasteiger partial charge < -0.3 is 20.2 Å². The monoisotopic (exact) mass is 214 g/mol. The zero-order chi connectivity index (χ0) is 11.7. The molecule has 1 rings (SSSR count). The summed E-state index contributed by atoms with van der Waals surface area (Å²) in [5.41, 5.74) is 1.19. The summed E-state index contributed by atoms with van der Waals surface area (Å²) < 4.78 is 0. The van der Waals surface area contributed by atoms with Crippen LogP contribution in [0, 0.1) is 0 Å². The van der Waals surface area contributed by atoms with Crippen molar-refractivity contribution in [1.29, 1.82) is 0 Å². The lowest BCUT2D eigenvalue weighted by Crippen LogP contribution is -2.15. The number of nitrogens with zero attached hydrogens (tertiary/aromatic N) is 2. The minimum atomic E-state index is -0.954. The van der Waals surface area contributed by atoms with Gasteiger partial charge in [0.1, 0.15) is 6.10 Å². The molecule has 0 spiro atoms. The van der Waals surface area contributed by atoms with Crippen LogP contribution in [0.5, 0.6) is 0 Å². The van der Waals surface area contributed by atoms with Crippen LogP contribution in [0.15, 0.2) is 24.5 Å². The number of aliphatic hydroxyl groups is 3. The van der Waals surface area contributed by atoms with Gasteiger partial charge in [-0.05, 0) is 12.1 Å². The van der Waals surface area contributed by atoms with Crippen LogP contribution in [0.2, 0.25) is 0 Å². The van der Waals surface area contributed by atoms with Crippen LogP contribution < -0.4 is 4.90 Å². The van der Waals surface area contributed by atoms with E-state index in [1.54, 1.807) is 12.4 Å². The van der Waals surface area contributed by atoms with Crippen molar-refractivity contribution in [3.63, 3.8) is 0 Å². The fourth-order valence-electron chi connectivity index (χ4n) is 0.700. The summed E-state index contributed by atoms with van der Waals surface area (Å²) in [4.78, 5) is 5.94. The topological polar surface area (TPSA) is 76.8 Å². The number of hydrogen-bond donors (Lipinski definition) is 3. The Balaban J connectivity index is 0.000000288. The largest absolute Gasteiger partial charge is 0.394 e. The molecular weight excluding hydrogens is 196 g/mol. The van der Waals surface area contributed by atoms with E-state index < -0.39 is 6.10 Å². The Morgan fingerprint density at radius 2 is 1.67 bits per heavy atom. The van der Waals surface area contributed by atoms with Gasteiger partial charge in [0.15, 0.2) is 0 Å². The van der Waals surface area contributed by atoms with Crippen LogP contribution in [-0.2, 0) is 0 Å². The number of aliphatic hydroxyl groups excluding tert-OH is 3. The summed E-state index contributed by atoms with van der Waals surface area (Å²) in [6.07, 6.45) is 2.62. The lowest BCUT2D eigenvalue weighted by atomic mass is 10.4. The molecule has 86 valence electrons. The first-order chi connectivity index (χ1) is 7.11. The van der Waals surface area contributed by atoms with E-state index in [4.69, 9.17) is 15.3 Å². The minimum Gasteiger partial charge on any atom is -0.394 e. The molecule has 0 aliphatic carbocycles. The number of aromatic nitrogens is 1. The molecule has 15 heavy (non-hydrogen) atoms. The van der Waals surface area contributed by atoms with Gasteiger partial charge in [0.05, 0.1) is 13.2 Å². The zero-order valence-corrected chi connectivity index (χ0v) is 9.04. The molecule has 5 heteroatoms. The van der Waals surface area contributed by atoms with Crippen molar-refractivity contribution in [3.8, 4) is 0 Å². The third-order valence-corrected chi connectivity index (χ3v) is 1.60. The molecule has 5 nitrogen and oxygen atoms in total. The van der Waals surface area contributed by atoms with E-state index in [9.17, 15) is 0 Å². The van der Waals surface area contributed by atoms with Gasteiger partial charge in [-0.2, -0.15) is 0 Å². The number of rotatable bonds is 3. The molecule has 0 unspecified atom stereocenters. The highest BCUT2D eigenvalue weighted by Crippen LogP contribution is 2.05. The lowest BCUT2D eigenvalue weighted by molar-refractivity contribution is 0.0450. The molecule has 1 heterocycles. The number of hydrogen-bond acceptors (Lipinski definition) is 5. The fourth-order valence-corrected chi connectivity index (χ4v) is 0.700. The van der Waals surface area contributed by atoms with Crippen LogP contribution >= 0.6 is 0 Å². The van der Waals surface area contributed by atoms with E-state index in [-0.39, 0.29) is 13.2 Å². The van der Waals surface area contributed by atoms with Gasteiger partial charge in [0, 0.05) is 32.2 Å². The van der Waals surface area contributed by atoms with Crippen molar-refractivity contribution in [2.75, 3.05) is 32.2 Å². The Morgan fingerprint density at radius 3 is 1.87 bits per heavy atom. The highest BCUT2D eigenvalue weighted by Gasteiger charge is 1.93. The van der Waals surface area contributed by atoms with Crippen LogP contribution in [0.3, 0.4) is 0 Å². The third kappa shape index (κ3) is 6.84. The van der Waals surface area contributed by atoms with Gasteiger partial charge in [0.2, 0.25) is 0 Å². The van der Waals surface area contributed by atoms with E-state index in [0.717, 1.165) is 0 Å². The van der Waals surface area contributed by atoms with E-state index in [1.165, 1.54) is 5.69 Å². The average Bonchev–Trinajstić information content (AvgIpc) is 2.30. The Bertz CT molecular complexity index is 238. The maximum absolute atomic E-state index is 8.17. The van der Waals surface area contributed by atoms with Crippen LogP contribution in [-0.4, -0.2) is 53.7 Å². The van der Waals surface area contributed by atoms with Gasteiger partial charge in [-0.15, -0.1) is 0 Å². The maximum atomic E-state index is 8.17. The minimum absolute atomic E-state index is 0.365. The average molecular weight is 214 g/mol. The summed E-state index contributed by atoms with van der Waals surface area (Å²) >= 11 is 0. The molecule has 0 atom stereocenters. The summed E-state index contributed by atoms with van der Waals surface area (Å²) in [6, 6.07) is 3.94. The quantitative estimate of drug-likeness (QED) is 0.631. The first-order valence-corrected chi connectivity index (χ1v) is 4.59. The molecular formula is C10H18N2O3. The summed E-state index contributed by atoms with van der Waals surface area (Å²) in [5, 5.41) is 24.0. The number of anilines is 1. The molecule has 0 aliphatic rings. The van der Waals surface area contributed by atoms with Gasteiger partial charge in [-0.25, -0.2) is 0 Å². The second kappa shape index (κ2) is 8.16. The molecule has 0 aromatic carbocycles. The highest BCUT2D eigenvalue weighted by atomic mass is 16.3. The van der Waals surface area contributed by atoms with E-state index in [1.807, 2.05) is 31.1 Å². The van der Waals surface area contributed by atoms with Gasteiger partial charge in [-0.3, -0.25) is 4.98 Å². The molecule has 0 saturated carbocycles. The number of pyridine rings is 1. The first kappa shape index (κ1) is 13.8. The molecule has 0 fully saturated rings. The molecule has 1 aromatic rings. The molecule has 0 saturated heterocycles. The Morgan fingerprint density at radius 1 is 1.20 bits per heavy atom. The van der Waals surface area contributed by atoms with Crippen molar-refractivity contribution >= 4 is 5.69 Å². The second-order valence-electron chi connectivity index (χ2n) is 3.12. The predicted octanol–water partition coefficient (Wildman–Crippen LogP) is -0.520. The van der Waals surface area contributed by atoms with Crippen molar-refractivity contribution in [2.45, 2.75) is 6.10 Å². The zero-order valence-electron chi connectivity index (χ0n) is 9.04. The highest BCUT2D eigenvalue weighted by molar-refractivity contribution is 5.42. The Kier molecular flexibility index (Phi) is 7.53. The van der Waals surface area contributed by atoms with E-state index in [0.29, 0.717) is 0 Å². The Labute approximate surface area is 89.6 Å². The third-order valence-electron chi connectivity index (χ3n) is 1.60. The first-order valence-electron chi connectivity index (χ1n) is 4.59. The van der Waals surface area contributed by atoms with E-state index in [2.05, 4.69) is 4.98 Å². The maximum Gasteiger partial charge on any atom is 0.100 e. The standard InChI is InChI=1S/C7H10N2.C3H8O3/c1-9(2)7-3-5-8-6-4-7;4-1-3(6)2-5/h3-6H,1-2H3;3-6H,1-2H2. The van der Waals surface area contributed by atoms with Crippen molar-refractivity contribution in [1.82, 2.24) is 4.98 Å².